The standard InChI is InChI=1S/C30H36ClN5O3/c1-30(2,3)39-29(38)35-25-14-17-36(18-15-25)28-12-7-22(19-33-28)27(37)6-4-5-21-13-16-32-20-26(21)34-24-10-8-23(31)9-11-24/h7-13,16,19-20,25,34H,4-6,14-15,17-18H2,1-3H3,(H,35,38). The van der Waals surface area contributed by atoms with Gasteiger partial charge in [-0.25, -0.2) is 9.78 Å². The van der Waals surface area contributed by atoms with Gasteiger partial charge in [0.2, 0.25) is 0 Å². The van der Waals surface area contributed by atoms with E-state index in [0.29, 0.717) is 17.0 Å². The van der Waals surface area contributed by atoms with Crippen molar-refractivity contribution in [1.82, 2.24) is 15.3 Å². The minimum Gasteiger partial charge on any atom is -0.444 e. The number of nitrogens with one attached hydrogen (secondary N) is 2. The van der Waals surface area contributed by atoms with Crippen LogP contribution in [0.15, 0.2) is 61.1 Å². The van der Waals surface area contributed by atoms with Crippen LogP contribution in [0.4, 0.5) is 22.0 Å². The number of Topliss-reactive ketones (excluding diaryl/α,β-unsaturated/α-hetero) is 1. The lowest BCUT2D eigenvalue weighted by Gasteiger charge is -2.33. The molecule has 0 bridgehead atoms. The predicted molar refractivity (Wildman–Crippen MR) is 155 cm³/mol. The second-order valence-corrected chi connectivity index (χ2v) is 11.2. The van der Waals surface area contributed by atoms with Gasteiger partial charge in [-0.3, -0.25) is 9.78 Å². The highest BCUT2D eigenvalue weighted by Gasteiger charge is 2.24. The van der Waals surface area contributed by atoms with Gasteiger partial charge in [0.05, 0.1) is 11.9 Å². The SMILES string of the molecule is CC(C)(C)OC(=O)NC1CCN(c2ccc(C(=O)CCCc3ccncc3Nc3ccc(Cl)cc3)cn2)CC1. The number of rotatable bonds is 9. The molecule has 9 heteroatoms. The van der Waals surface area contributed by atoms with Crippen LogP contribution in [-0.2, 0) is 11.2 Å². The van der Waals surface area contributed by atoms with Gasteiger partial charge < -0.3 is 20.3 Å². The van der Waals surface area contributed by atoms with Gasteiger partial charge in [0.25, 0.3) is 0 Å². The van der Waals surface area contributed by atoms with Crippen LogP contribution in [0.3, 0.4) is 0 Å². The molecule has 3 heterocycles. The van der Waals surface area contributed by atoms with E-state index >= 15 is 0 Å². The normalized spacial score (nSPS) is 14.1. The average molecular weight is 550 g/mol. The third-order valence-electron chi connectivity index (χ3n) is 6.49. The van der Waals surface area contributed by atoms with Crippen molar-refractivity contribution < 1.29 is 14.3 Å². The molecule has 1 aromatic carbocycles. The van der Waals surface area contributed by atoms with Crippen LogP contribution in [-0.4, -0.2) is 46.6 Å². The van der Waals surface area contributed by atoms with E-state index in [1.807, 2.05) is 63.2 Å². The zero-order chi connectivity index (χ0) is 27.8. The lowest BCUT2D eigenvalue weighted by atomic mass is 10.0. The first-order valence-corrected chi connectivity index (χ1v) is 13.7. The van der Waals surface area contributed by atoms with E-state index in [4.69, 9.17) is 16.3 Å². The number of benzene rings is 1. The van der Waals surface area contributed by atoms with Crippen LogP contribution >= 0.6 is 11.6 Å². The predicted octanol–water partition coefficient (Wildman–Crippen LogP) is 6.57. The molecule has 2 aromatic heterocycles. The van der Waals surface area contributed by atoms with Gasteiger partial charge in [0.1, 0.15) is 11.4 Å². The minimum atomic E-state index is -0.509. The van der Waals surface area contributed by atoms with Crippen LogP contribution < -0.4 is 15.5 Å². The van der Waals surface area contributed by atoms with Gasteiger partial charge in [-0.1, -0.05) is 11.6 Å². The molecule has 0 aliphatic carbocycles. The lowest BCUT2D eigenvalue weighted by Crippen LogP contribution is -2.46. The maximum absolute atomic E-state index is 12.8. The number of aryl methyl sites for hydroxylation is 1. The Morgan fingerprint density at radius 1 is 1.05 bits per heavy atom. The molecule has 1 aliphatic rings. The summed E-state index contributed by atoms with van der Waals surface area (Å²) in [6, 6.07) is 13.3. The van der Waals surface area contributed by atoms with Crippen molar-refractivity contribution in [2.24, 2.45) is 0 Å². The number of ketones is 1. The van der Waals surface area contributed by atoms with Crippen LogP contribution in [0, 0.1) is 0 Å². The van der Waals surface area contributed by atoms with E-state index in [1.54, 1.807) is 18.6 Å². The number of ether oxygens (including phenoxy) is 1. The third kappa shape index (κ3) is 8.68. The fourth-order valence-corrected chi connectivity index (χ4v) is 4.62. The Morgan fingerprint density at radius 3 is 2.46 bits per heavy atom. The monoisotopic (exact) mass is 549 g/mol. The molecule has 0 atom stereocenters. The summed E-state index contributed by atoms with van der Waals surface area (Å²) < 4.78 is 5.36. The summed E-state index contributed by atoms with van der Waals surface area (Å²) in [4.78, 5) is 35.8. The van der Waals surface area contributed by atoms with Crippen LogP contribution in [0.2, 0.25) is 5.02 Å². The highest BCUT2D eigenvalue weighted by Crippen LogP contribution is 2.24. The third-order valence-corrected chi connectivity index (χ3v) is 6.75. The Hall–Kier alpha value is -3.65. The molecule has 1 aliphatic heterocycles. The number of hydrogen-bond donors (Lipinski definition) is 2. The molecular weight excluding hydrogens is 514 g/mol. The summed E-state index contributed by atoms with van der Waals surface area (Å²) in [6.07, 6.45) is 8.39. The lowest BCUT2D eigenvalue weighted by molar-refractivity contribution is 0.0497. The summed E-state index contributed by atoms with van der Waals surface area (Å²) >= 11 is 5.98. The highest BCUT2D eigenvalue weighted by atomic mass is 35.5. The van der Waals surface area contributed by atoms with Crippen molar-refractivity contribution in [3.05, 3.63) is 77.2 Å². The van der Waals surface area contributed by atoms with E-state index in [1.165, 1.54) is 0 Å². The Bertz CT molecular complexity index is 1250. The molecular formula is C30H36ClN5O3. The van der Waals surface area contributed by atoms with Crippen molar-refractivity contribution in [2.45, 2.75) is 64.5 Å². The summed E-state index contributed by atoms with van der Waals surface area (Å²) in [5, 5.41) is 7.02. The fourth-order valence-electron chi connectivity index (χ4n) is 4.49. The smallest absolute Gasteiger partial charge is 0.407 e. The topological polar surface area (TPSA) is 96.5 Å². The second-order valence-electron chi connectivity index (χ2n) is 10.8. The van der Waals surface area contributed by atoms with Gasteiger partial charge >= 0.3 is 6.09 Å². The Kier molecular flexibility index (Phi) is 9.41. The zero-order valence-electron chi connectivity index (χ0n) is 22.7. The number of hydrogen-bond acceptors (Lipinski definition) is 7. The number of amides is 1. The molecule has 206 valence electrons. The van der Waals surface area contributed by atoms with E-state index in [0.717, 1.165) is 61.5 Å². The molecule has 39 heavy (non-hydrogen) atoms. The summed E-state index contributed by atoms with van der Waals surface area (Å²) in [6.45, 7) is 7.12. The zero-order valence-corrected chi connectivity index (χ0v) is 23.5. The van der Waals surface area contributed by atoms with Crippen LogP contribution in [0.1, 0.15) is 62.4 Å². The van der Waals surface area contributed by atoms with Crippen molar-refractivity contribution in [1.29, 1.82) is 0 Å². The van der Waals surface area contributed by atoms with Gasteiger partial charge in [-0.05, 0) is 94.5 Å². The number of anilines is 3. The molecule has 1 amide bonds. The van der Waals surface area contributed by atoms with Crippen molar-refractivity contribution >= 4 is 40.7 Å². The second kappa shape index (κ2) is 12.9. The average Bonchev–Trinajstić information content (AvgIpc) is 2.90. The number of halogens is 1. The molecule has 8 nitrogen and oxygen atoms in total. The Morgan fingerprint density at radius 2 is 1.79 bits per heavy atom. The first-order chi connectivity index (χ1) is 18.7. The molecule has 0 unspecified atom stereocenters. The Balaban J connectivity index is 1.23. The number of nitrogens with zero attached hydrogens (tertiary/aromatic N) is 3. The number of piperidine rings is 1. The molecule has 3 aromatic rings. The number of carbonyl (C=O) groups excluding carboxylic acids is 2. The molecule has 1 saturated heterocycles. The highest BCUT2D eigenvalue weighted by molar-refractivity contribution is 6.30. The number of carbonyl (C=O) groups is 2. The summed E-state index contributed by atoms with van der Waals surface area (Å²) in [5.41, 5.74) is 3.06. The first kappa shape index (κ1) is 28.4. The van der Waals surface area contributed by atoms with E-state index in [-0.39, 0.29) is 17.9 Å². The molecule has 4 rings (SSSR count). The van der Waals surface area contributed by atoms with Gasteiger partial charge in [0, 0.05) is 54.2 Å². The summed E-state index contributed by atoms with van der Waals surface area (Å²) in [5.74, 6) is 0.924. The van der Waals surface area contributed by atoms with Gasteiger partial charge in [0.15, 0.2) is 5.78 Å². The molecule has 0 radical (unpaired) electrons. The van der Waals surface area contributed by atoms with Crippen molar-refractivity contribution in [2.75, 3.05) is 23.3 Å². The minimum absolute atomic E-state index is 0.0792. The number of aromatic nitrogens is 2. The van der Waals surface area contributed by atoms with E-state index in [9.17, 15) is 9.59 Å². The number of pyridine rings is 2. The first-order valence-electron chi connectivity index (χ1n) is 13.4. The number of alkyl carbamates (subject to hydrolysis) is 1. The van der Waals surface area contributed by atoms with Crippen LogP contribution in [0.25, 0.3) is 0 Å². The van der Waals surface area contributed by atoms with Gasteiger partial charge in [-0.15, -0.1) is 0 Å². The van der Waals surface area contributed by atoms with Gasteiger partial charge in [-0.2, -0.15) is 0 Å². The quantitative estimate of drug-likeness (QED) is 0.291. The molecule has 0 spiro atoms. The van der Waals surface area contributed by atoms with E-state index < -0.39 is 5.60 Å². The fraction of sp³-hybridized carbons (Fsp3) is 0.400. The molecule has 2 N–H and O–H groups in total. The van der Waals surface area contributed by atoms with Crippen molar-refractivity contribution in [3.8, 4) is 0 Å². The van der Waals surface area contributed by atoms with Crippen LogP contribution in [0.5, 0.6) is 0 Å². The van der Waals surface area contributed by atoms with E-state index in [2.05, 4.69) is 25.5 Å². The molecule has 0 saturated carbocycles. The molecule has 1 fully saturated rings. The Labute approximate surface area is 235 Å². The maximum atomic E-state index is 12.8. The largest absolute Gasteiger partial charge is 0.444 e. The summed E-state index contributed by atoms with van der Waals surface area (Å²) in [7, 11) is 0. The van der Waals surface area contributed by atoms with Crippen molar-refractivity contribution in [3.63, 3.8) is 0 Å². The maximum Gasteiger partial charge on any atom is 0.407 e.